The third-order valence-corrected chi connectivity index (χ3v) is 0.649. The largest absolute Gasteiger partial charge is 0.438 e. The predicted octanol–water partition coefficient (Wildman–Crippen LogP) is 1.34. The molecule has 0 aromatic carbocycles. The van der Waals surface area contributed by atoms with Gasteiger partial charge in [-0.2, -0.15) is 0 Å². The van der Waals surface area contributed by atoms with Crippen LogP contribution in [0.3, 0.4) is 0 Å². The van der Waals surface area contributed by atoms with E-state index in [2.05, 4.69) is 17.9 Å². The van der Waals surface area contributed by atoms with Crippen molar-refractivity contribution in [2.45, 2.75) is 20.1 Å². The van der Waals surface area contributed by atoms with E-state index < -0.39 is 6.29 Å². The van der Waals surface area contributed by atoms with Gasteiger partial charge in [0.2, 0.25) is 0 Å². The highest BCUT2D eigenvalue weighted by Gasteiger charge is 1.95. The molecule has 10 heavy (non-hydrogen) atoms. The van der Waals surface area contributed by atoms with Crippen LogP contribution in [0.4, 0.5) is 0 Å². The van der Waals surface area contributed by atoms with Crippen molar-refractivity contribution in [3.05, 3.63) is 13.2 Å². The average Bonchev–Trinajstić information content (AvgIpc) is 1.93. The molecule has 0 amide bonds. The number of hydrogen-bond donors (Lipinski definition) is 0. The molecule has 0 N–H and O–H groups in total. The molecule has 0 saturated heterocycles. The van der Waals surface area contributed by atoms with Crippen molar-refractivity contribution in [1.29, 1.82) is 0 Å². The van der Waals surface area contributed by atoms with Gasteiger partial charge in [0.25, 0.3) is 6.47 Å². The van der Waals surface area contributed by atoms with Crippen LogP contribution < -0.4 is 0 Å². The summed E-state index contributed by atoms with van der Waals surface area (Å²) in [6, 6.07) is 0. The molecular weight excluding hydrogens is 132 g/mol. The summed E-state index contributed by atoms with van der Waals surface area (Å²) in [7, 11) is 0. The molecule has 0 aliphatic rings. The molecule has 3 heteroatoms. The number of hydrogen-bond acceptors (Lipinski definition) is 3. The van der Waals surface area contributed by atoms with Gasteiger partial charge in [-0.1, -0.05) is 0 Å². The first-order valence-corrected chi connectivity index (χ1v) is 3.02. The minimum atomic E-state index is -0.405. The zero-order chi connectivity index (χ0) is 8.41. The van der Waals surface area contributed by atoms with Gasteiger partial charge in [0.1, 0.15) is 0 Å². The Morgan fingerprint density at radius 2 is 2.10 bits per heavy atom. The molecule has 0 saturated carbocycles. The van der Waals surface area contributed by atoms with E-state index in [1.54, 1.807) is 6.92 Å². The summed E-state index contributed by atoms with van der Waals surface area (Å²) >= 11 is 0. The summed E-state index contributed by atoms with van der Waals surface area (Å²) in [5.74, 6) is 0. The normalized spacial score (nSPS) is 10.6. The first-order valence-electron chi connectivity index (χ1n) is 3.02. The van der Waals surface area contributed by atoms with Crippen molar-refractivity contribution >= 4 is 6.47 Å². The van der Waals surface area contributed by atoms with Crippen LogP contribution in [0.5, 0.6) is 0 Å². The van der Waals surface area contributed by atoms with E-state index >= 15 is 0 Å². The number of carbonyl (C=O) groups is 1. The Balaban J connectivity index is 0. The predicted molar refractivity (Wildman–Crippen MR) is 39.5 cm³/mol. The molecule has 3 nitrogen and oxygen atoms in total. The minimum Gasteiger partial charge on any atom is -0.438 e. The van der Waals surface area contributed by atoms with E-state index in [0.717, 1.165) is 0 Å². The van der Waals surface area contributed by atoms with Crippen molar-refractivity contribution in [2.24, 2.45) is 0 Å². The van der Waals surface area contributed by atoms with Crippen LogP contribution in [0.2, 0.25) is 0 Å². The van der Waals surface area contributed by atoms with E-state index in [0.29, 0.717) is 13.1 Å². The van der Waals surface area contributed by atoms with Crippen LogP contribution in [-0.4, -0.2) is 19.4 Å². The minimum absolute atomic E-state index is 0.375. The first kappa shape index (κ1) is 11.9. The summed E-state index contributed by atoms with van der Waals surface area (Å²) in [5.41, 5.74) is 0. The lowest BCUT2D eigenvalue weighted by Gasteiger charge is -2.06. The van der Waals surface area contributed by atoms with Gasteiger partial charge in [-0.3, -0.25) is 4.79 Å². The molecule has 0 fully saturated rings. The molecule has 0 aliphatic carbocycles. The van der Waals surface area contributed by atoms with Crippen LogP contribution in [0, 0.1) is 0 Å². The molecule has 1 atom stereocenters. The van der Waals surface area contributed by atoms with Crippen LogP contribution in [0.1, 0.15) is 13.8 Å². The molecule has 0 bridgehead atoms. The summed E-state index contributed by atoms with van der Waals surface area (Å²) in [6.07, 6.45) is -0.405. The fourth-order valence-electron chi connectivity index (χ4n) is 0.352. The highest BCUT2D eigenvalue weighted by Crippen LogP contribution is 1.87. The van der Waals surface area contributed by atoms with E-state index in [1.165, 1.54) is 0 Å². The van der Waals surface area contributed by atoms with Gasteiger partial charge in [-0.25, -0.2) is 0 Å². The van der Waals surface area contributed by atoms with Crippen molar-refractivity contribution in [2.75, 3.05) is 6.61 Å². The van der Waals surface area contributed by atoms with Gasteiger partial charge in [-0.05, 0) is 13.8 Å². The van der Waals surface area contributed by atoms with Gasteiger partial charge in [0.15, 0.2) is 6.29 Å². The lowest BCUT2D eigenvalue weighted by Crippen LogP contribution is -2.10. The van der Waals surface area contributed by atoms with E-state index in [1.807, 2.05) is 6.92 Å². The Hall–Kier alpha value is -0.830. The number of rotatable bonds is 4. The molecule has 0 heterocycles. The molecule has 0 rings (SSSR count). The lowest BCUT2D eigenvalue weighted by molar-refractivity contribution is -0.158. The quantitative estimate of drug-likeness (QED) is 0.341. The van der Waals surface area contributed by atoms with E-state index in [9.17, 15) is 4.79 Å². The molecule has 1 unspecified atom stereocenters. The Kier molecular flexibility index (Phi) is 13.1. The second-order valence-corrected chi connectivity index (χ2v) is 1.26. The van der Waals surface area contributed by atoms with Crippen molar-refractivity contribution in [3.8, 4) is 0 Å². The third-order valence-electron chi connectivity index (χ3n) is 0.649. The summed E-state index contributed by atoms with van der Waals surface area (Å²) < 4.78 is 9.21. The Morgan fingerprint density at radius 1 is 1.60 bits per heavy atom. The van der Waals surface area contributed by atoms with Gasteiger partial charge in [0.05, 0.1) is 0 Å². The number of carbonyl (C=O) groups excluding carboxylic acids is 1. The summed E-state index contributed by atoms with van der Waals surface area (Å²) in [4.78, 5) is 9.59. The average molecular weight is 146 g/mol. The fourth-order valence-corrected chi connectivity index (χ4v) is 0.352. The SMILES string of the molecule is C=C.CCOC(C)OC=O. The maximum absolute atomic E-state index is 9.59. The zero-order valence-corrected chi connectivity index (χ0v) is 6.50. The van der Waals surface area contributed by atoms with Gasteiger partial charge >= 0.3 is 0 Å². The molecular formula is C7H14O3. The van der Waals surface area contributed by atoms with Crippen LogP contribution in [0.25, 0.3) is 0 Å². The van der Waals surface area contributed by atoms with Gasteiger partial charge in [-0.15, -0.1) is 13.2 Å². The van der Waals surface area contributed by atoms with Crippen molar-refractivity contribution < 1.29 is 14.3 Å². The number of ether oxygens (including phenoxy) is 2. The highest BCUT2D eigenvalue weighted by molar-refractivity contribution is 5.36. The van der Waals surface area contributed by atoms with Gasteiger partial charge in [0, 0.05) is 6.61 Å². The first-order chi connectivity index (χ1) is 4.81. The second-order valence-electron chi connectivity index (χ2n) is 1.26. The third kappa shape index (κ3) is 10.2. The monoisotopic (exact) mass is 146 g/mol. The molecule has 0 radical (unpaired) electrons. The topological polar surface area (TPSA) is 35.5 Å². The second kappa shape index (κ2) is 11.0. The molecule has 60 valence electrons. The fraction of sp³-hybridized carbons (Fsp3) is 0.571. The lowest BCUT2D eigenvalue weighted by atomic mass is 10.7. The van der Waals surface area contributed by atoms with Crippen molar-refractivity contribution in [1.82, 2.24) is 0 Å². The summed E-state index contributed by atoms with van der Waals surface area (Å²) in [6.45, 7) is 10.4. The van der Waals surface area contributed by atoms with Crippen molar-refractivity contribution in [3.63, 3.8) is 0 Å². The summed E-state index contributed by atoms with van der Waals surface area (Å²) in [5, 5.41) is 0. The van der Waals surface area contributed by atoms with Crippen LogP contribution >= 0.6 is 0 Å². The van der Waals surface area contributed by atoms with E-state index in [-0.39, 0.29) is 0 Å². The molecule has 0 spiro atoms. The Morgan fingerprint density at radius 3 is 2.40 bits per heavy atom. The zero-order valence-electron chi connectivity index (χ0n) is 6.50. The highest BCUT2D eigenvalue weighted by atomic mass is 16.7. The maximum atomic E-state index is 9.59. The van der Waals surface area contributed by atoms with Gasteiger partial charge < -0.3 is 9.47 Å². The molecule has 0 aliphatic heterocycles. The van der Waals surface area contributed by atoms with E-state index in [4.69, 9.17) is 4.74 Å². The smallest absolute Gasteiger partial charge is 0.295 e. The Labute approximate surface area is 61.6 Å². The maximum Gasteiger partial charge on any atom is 0.295 e. The Bertz CT molecular complexity index is 73.3. The van der Waals surface area contributed by atoms with Crippen LogP contribution in [-0.2, 0) is 14.3 Å². The molecule has 0 aromatic heterocycles. The molecule has 0 aromatic rings. The standard InChI is InChI=1S/C5H10O3.C2H4/c1-3-7-5(2)8-4-6;1-2/h4-5H,3H2,1-2H3;1-2H2. The van der Waals surface area contributed by atoms with Crippen LogP contribution in [0.15, 0.2) is 13.2 Å².